The van der Waals surface area contributed by atoms with E-state index in [2.05, 4.69) is 15.2 Å². The highest BCUT2D eigenvalue weighted by atomic mass is 127. The van der Waals surface area contributed by atoms with Crippen molar-refractivity contribution in [3.8, 4) is 0 Å². The Hall–Kier alpha value is -1.20. The van der Waals surface area contributed by atoms with Crippen molar-refractivity contribution in [2.24, 2.45) is 4.99 Å². The van der Waals surface area contributed by atoms with E-state index in [9.17, 15) is 8.78 Å². The molecule has 1 aromatic rings. The maximum atomic E-state index is 14.0. The summed E-state index contributed by atoms with van der Waals surface area (Å²) in [6.07, 6.45) is 2.41. The summed E-state index contributed by atoms with van der Waals surface area (Å²) in [5.74, 6) is 0.0260. The van der Waals surface area contributed by atoms with Crippen molar-refractivity contribution in [3.63, 3.8) is 0 Å². The van der Waals surface area contributed by atoms with Crippen molar-refractivity contribution in [1.82, 2.24) is 10.2 Å². The summed E-state index contributed by atoms with van der Waals surface area (Å²) >= 11 is 0. The molecule has 9 heteroatoms. The minimum absolute atomic E-state index is 0. The lowest BCUT2D eigenvalue weighted by atomic mass is 10.2. The lowest BCUT2D eigenvalue weighted by Gasteiger charge is -2.37. The molecule has 2 heterocycles. The van der Waals surface area contributed by atoms with Crippen molar-refractivity contribution >= 4 is 35.6 Å². The average Bonchev–Trinajstić information content (AvgIpc) is 3.22. The predicted octanol–water partition coefficient (Wildman–Crippen LogP) is 2.87. The Bertz CT molecular complexity index is 651. The summed E-state index contributed by atoms with van der Waals surface area (Å²) in [7, 11) is 0. The predicted molar refractivity (Wildman–Crippen MR) is 121 cm³/mol. The molecule has 1 aromatic carbocycles. The number of halogens is 3. The van der Waals surface area contributed by atoms with Crippen molar-refractivity contribution in [2.45, 2.75) is 25.9 Å². The Kier molecular flexibility index (Phi) is 10.4. The Morgan fingerprint density at radius 1 is 1.28 bits per heavy atom. The van der Waals surface area contributed by atoms with Gasteiger partial charge >= 0.3 is 0 Å². The molecule has 2 aliphatic rings. The molecule has 29 heavy (non-hydrogen) atoms. The molecule has 0 aromatic heterocycles. The second-order valence-corrected chi connectivity index (χ2v) is 7.02. The molecule has 0 radical (unpaired) electrons. The minimum atomic E-state index is -0.420. The van der Waals surface area contributed by atoms with Gasteiger partial charge in [-0.25, -0.2) is 8.78 Å². The highest BCUT2D eigenvalue weighted by molar-refractivity contribution is 14.0. The number of hydrogen-bond acceptors (Lipinski definition) is 4. The van der Waals surface area contributed by atoms with Gasteiger partial charge in [-0.15, -0.1) is 24.0 Å². The number of benzene rings is 1. The summed E-state index contributed by atoms with van der Waals surface area (Å²) in [5, 5.41) is 3.30. The molecule has 2 fully saturated rings. The first kappa shape index (κ1) is 24.1. The standard InChI is InChI=1S/C20H30F2N4O2.HI/c1-2-23-20(24-7-13-27-15-17-4-3-12-28-17)26-10-8-25(9-11-26)19-14-16(21)5-6-18(19)22;/h5-6,14,17H,2-4,7-13,15H2,1H3,(H,23,24);1H. The number of nitrogens with one attached hydrogen (secondary N) is 1. The second-order valence-electron chi connectivity index (χ2n) is 7.02. The van der Waals surface area contributed by atoms with Gasteiger partial charge in [0.1, 0.15) is 11.6 Å². The number of anilines is 1. The molecule has 1 N–H and O–H groups in total. The number of nitrogens with zero attached hydrogens (tertiary/aromatic N) is 3. The number of guanidine groups is 1. The largest absolute Gasteiger partial charge is 0.377 e. The zero-order valence-corrected chi connectivity index (χ0v) is 19.2. The number of ether oxygens (including phenoxy) is 2. The first-order valence-electron chi connectivity index (χ1n) is 10.1. The van der Waals surface area contributed by atoms with E-state index < -0.39 is 5.82 Å². The molecule has 0 spiro atoms. The molecule has 0 aliphatic carbocycles. The molecular weight excluding hydrogens is 493 g/mol. The molecule has 1 atom stereocenters. The molecule has 0 bridgehead atoms. The van der Waals surface area contributed by atoms with Crippen LogP contribution in [0.15, 0.2) is 23.2 Å². The first-order chi connectivity index (χ1) is 13.7. The SMILES string of the molecule is CCNC(=NCCOCC1CCCO1)N1CCN(c2cc(F)ccc2F)CC1.I. The van der Waals surface area contributed by atoms with Crippen LogP contribution in [0.5, 0.6) is 0 Å². The molecule has 2 saturated heterocycles. The molecule has 0 amide bonds. The van der Waals surface area contributed by atoms with Gasteiger partial charge < -0.3 is 24.6 Å². The van der Waals surface area contributed by atoms with Crippen LogP contribution in [-0.4, -0.2) is 76.1 Å². The van der Waals surface area contributed by atoms with E-state index in [4.69, 9.17) is 9.47 Å². The van der Waals surface area contributed by atoms with Crippen LogP contribution in [0.25, 0.3) is 0 Å². The van der Waals surface area contributed by atoms with E-state index >= 15 is 0 Å². The van der Waals surface area contributed by atoms with Crippen LogP contribution in [0.4, 0.5) is 14.5 Å². The van der Waals surface area contributed by atoms with Crippen LogP contribution in [0.3, 0.4) is 0 Å². The quantitative estimate of drug-likeness (QED) is 0.258. The van der Waals surface area contributed by atoms with Crippen molar-refractivity contribution in [2.75, 3.05) is 64.0 Å². The Morgan fingerprint density at radius 2 is 2.07 bits per heavy atom. The maximum Gasteiger partial charge on any atom is 0.194 e. The fourth-order valence-electron chi connectivity index (χ4n) is 3.52. The average molecular weight is 524 g/mol. The highest BCUT2D eigenvalue weighted by Crippen LogP contribution is 2.22. The maximum absolute atomic E-state index is 14.0. The Balaban J connectivity index is 0.00000300. The van der Waals surface area contributed by atoms with Gasteiger partial charge in [-0.1, -0.05) is 0 Å². The van der Waals surface area contributed by atoms with Crippen LogP contribution in [0, 0.1) is 11.6 Å². The van der Waals surface area contributed by atoms with Crippen LogP contribution >= 0.6 is 24.0 Å². The summed E-state index contributed by atoms with van der Waals surface area (Å²) < 4.78 is 38.7. The van der Waals surface area contributed by atoms with Gasteiger partial charge in [0.25, 0.3) is 0 Å². The zero-order chi connectivity index (χ0) is 19.8. The number of hydrogen-bond donors (Lipinski definition) is 1. The summed E-state index contributed by atoms with van der Waals surface area (Å²) in [4.78, 5) is 8.67. The number of rotatable bonds is 7. The molecule has 164 valence electrons. The summed E-state index contributed by atoms with van der Waals surface area (Å²) in [6, 6.07) is 3.58. The van der Waals surface area contributed by atoms with Crippen molar-refractivity contribution in [3.05, 3.63) is 29.8 Å². The molecule has 0 saturated carbocycles. The van der Waals surface area contributed by atoms with Gasteiger partial charge in [-0.3, -0.25) is 4.99 Å². The third kappa shape index (κ3) is 7.21. The third-order valence-corrected chi connectivity index (χ3v) is 4.99. The number of aliphatic imine (C=N–C) groups is 1. The topological polar surface area (TPSA) is 49.3 Å². The van der Waals surface area contributed by atoms with Gasteiger partial charge in [0.15, 0.2) is 5.96 Å². The fourth-order valence-corrected chi connectivity index (χ4v) is 3.52. The summed E-state index contributed by atoms with van der Waals surface area (Å²) in [5.41, 5.74) is 0.323. The van der Waals surface area contributed by atoms with Gasteiger partial charge in [-0.05, 0) is 31.9 Å². The van der Waals surface area contributed by atoms with Crippen LogP contribution < -0.4 is 10.2 Å². The zero-order valence-electron chi connectivity index (χ0n) is 16.9. The fraction of sp³-hybridized carbons (Fsp3) is 0.650. The molecular formula is C20H31F2IN4O2. The van der Waals surface area contributed by atoms with E-state index in [1.807, 2.05) is 11.8 Å². The van der Waals surface area contributed by atoms with E-state index in [0.29, 0.717) is 51.6 Å². The van der Waals surface area contributed by atoms with Gasteiger partial charge in [0.05, 0.1) is 31.5 Å². The van der Waals surface area contributed by atoms with Gasteiger partial charge in [-0.2, -0.15) is 0 Å². The van der Waals surface area contributed by atoms with Crippen molar-refractivity contribution < 1.29 is 18.3 Å². The van der Waals surface area contributed by atoms with Gasteiger partial charge in [0, 0.05) is 45.4 Å². The minimum Gasteiger partial charge on any atom is -0.377 e. The molecule has 6 nitrogen and oxygen atoms in total. The molecule has 1 unspecified atom stereocenters. The monoisotopic (exact) mass is 524 g/mol. The van der Waals surface area contributed by atoms with Crippen LogP contribution in [0.1, 0.15) is 19.8 Å². The van der Waals surface area contributed by atoms with Crippen molar-refractivity contribution in [1.29, 1.82) is 0 Å². The smallest absolute Gasteiger partial charge is 0.194 e. The van der Waals surface area contributed by atoms with E-state index in [1.54, 1.807) is 0 Å². The lowest BCUT2D eigenvalue weighted by molar-refractivity contribution is 0.0199. The van der Waals surface area contributed by atoms with Gasteiger partial charge in [0.2, 0.25) is 0 Å². The highest BCUT2D eigenvalue weighted by Gasteiger charge is 2.22. The third-order valence-electron chi connectivity index (χ3n) is 4.99. The lowest BCUT2D eigenvalue weighted by Crippen LogP contribution is -2.52. The Morgan fingerprint density at radius 3 is 2.76 bits per heavy atom. The van der Waals surface area contributed by atoms with E-state index in [-0.39, 0.29) is 35.9 Å². The van der Waals surface area contributed by atoms with E-state index in [0.717, 1.165) is 38.0 Å². The molecule has 3 rings (SSSR count). The number of piperazine rings is 1. The summed E-state index contributed by atoms with van der Waals surface area (Å²) in [6.45, 7) is 8.01. The normalized spacial score (nSPS) is 20.0. The molecule has 2 aliphatic heterocycles. The van der Waals surface area contributed by atoms with Crippen LogP contribution in [0.2, 0.25) is 0 Å². The van der Waals surface area contributed by atoms with E-state index in [1.165, 1.54) is 12.1 Å². The first-order valence-corrected chi connectivity index (χ1v) is 10.1. The van der Waals surface area contributed by atoms with Crippen LogP contribution in [-0.2, 0) is 9.47 Å². The Labute approximate surface area is 188 Å². The second kappa shape index (κ2) is 12.5.